The average Bonchev–Trinajstić information content (AvgIpc) is 2.58. The van der Waals surface area contributed by atoms with Gasteiger partial charge in [0.2, 0.25) is 5.91 Å². The van der Waals surface area contributed by atoms with Gasteiger partial charge in [-0.3, -0.25) is 4.79 Å². The van der Waals surface area contributed by atoms with E-state index < -0.39 is 0 Å². The van der Waals surface area contributed by atoms with Crippen LogP contribution in [0.4, 0.5) is 5.69 Å². The molecule has 1 N–H and O–H groups in total. The van der Waals surface area contributed by atoms with Gasteiger partial charge in [-0.05, 0) is 31.2 Å². The lowest BCUT2D eigenvalue weighted by Gasteiger charge is -2.36. The van der Waals surface area contributed by atoms with Crippen molar-refractivity contribution in [2.45, 2.75) is 32.6 Å². The third-order valence-electron chi connectivity index (χ3n) is 4.28. The van der Waals surface area contributed by atoms with E-state index in [1.165, 1.54) is 19.3 Å². The Hall–Kier alpha value is -1.26. The fraction of sp³-hybridized carbons (Fsp3) is 0.611. The van der Waals surface area contributed by atoms with Crippen LogP contribution in [0.2, 0.25) is 5.02 Å². The van der Waals surface area contributed by atoms with Crippen LogP contribution in [0.3, 0.4) is 0 Å². The van der Waals surface area contributed by atoms with Crippen LogP contribution in [-0.4, -0.2) is 50.1 Å². The minimum absolute atomic E-state index is 0.263. The lowest BCUT2D eigenvalue weighted by atomic mass is 10.2. The maximum Gasteiger partial charge on any atom is 0.223 e. The van der Waals surface area contributed by atoms with Gasteiger partial charge < -0.3 is 15.1 Å². The fourth-order valence-electron chi connectivity index (χ4n) is 2.87. The Morgan fingerprint density at radius 2 is 1.96 bits per heavy atom. The molecule has 1 aromatic rings. The van der Waals surface area contributed by atoms with Crippen molar-refractivity contribution in [2.24, 2.45) is 0 Å². The van der Waals surface area contributed by atoms with E-state index in [0.29, 0.717) is 6.42 Å². The van der Waals surface area contributed by atoms with Gasteiger partial charge in [-0.1, -0.05) is 37.4 Å². The lowest BCUT2D eigenvalue weighted by molar-refractivity contribution is -0.131. The molecule has 1 saturated heterocycles. The molecule has 1 fully saturated rings. The van der Waals surface area contributed by atoms with Crippen molar-refractivity contribution in [3.8, 4) is 0 Å². The molecule has 0 saturated carbocycles. The minimum atomic E-state index is 0.263. The predicted molar refractivity (Wildman–Crippen MR) is 97.3 cm³/mol. The number of anilines is 1. The second-order valence-electron chi connectivity index (χ2n) is 6.05. The molecule has 1 aliphatic heterocycles. The van der Waals surface area contributed by atoms with E-state index in [1.54, 1.807) is 0 Å². The molecule has 2 rings (SSSR count). The zero-order chi connectivity index (χ0) is 16.5. The van der Waals surface area contributed by atoms with E-state index >= 15 is 0 Å². The van der Waals surface area contributed by atoms with Crippen LogP contribution in [0.1, 0.15) is 32.6 Å². The summed E-state index contributed by atoms with van der Waals surface area (Å²) in [6, 6.07) is 7.92. The monoisotopic (exact) mass is 337 g/mol. The summed E-state index contributed by atoms with van der Waals surface area (Å²) >= 11 is 6.05. The highest BCUT2D eigenvalue weighted by Crippen LogP contribution is 2.20. The SMILES string of the molecule is CCCCCNCCC(=O)N1CCN(c2cccc(Cl)c2)CC1. The topological polar surface area (TPSA) is 35.6 Å². The van der Waals surface area contributed by atoms with Gasteiger partial charge in [0.05, 0.1) is 0 Å². The van der Waals surface area contributed by atoms with Crippen LogP contribution < -0.4 is 10.2 Å². The van der Waals surface area contributed by atoms with Gasteiger partial charge in [-0.25, -0.2) is 0 Å². The molecule has 0 radical (unpaired) electrons. The second kappa shape index (κ2) is 9.78. The quantitative estimate of drug-likeness (QED) is 0.740. The largest absolute Gasteiger partial charge is 0.368 e. The van der Waals surface area contributed by atoms with Gasteiger partial charge in [0, 0.05) is 49.9 Å². The van der Waals surface area contributed by atoms with Gasteiger partial charge in [-0.2, -0.15) is 0 Å². The third kappa shape index (κ3) is 6.04. The number of nitrogens with zero attached hydrogens (tertiary/aromatic N) is 2. The van der Waals surface area contributed by atoms with Crippen LogP contribution in [0.25, 0.3) is 0 Å². The minimum Gasteiger partial charge on any atom is -0.368 e. The maximum absolute atomic E-state index is 12.2. The van der Waals surface area contributed by atoms with Crippen molar-refractivity contribution in [1.82, 2.24) is 10.2 Å². The summed E-state index contributed by atoms with van der Waals surface area (Å²) in [4.78, 5) is 16.5. The Morgan fingerprint density at radius 3 is 2.65 bits per heavy atom. The Morgan fingerprint density at radius 1 is 1.17 bits per heavy atom. The molecule has 4 nitrogen and oxygen atoms in total. The van der Waals surface area contributed by atoms with Crippen molar-refractivity contribution in [3.05, 3.63) is 29.3 Å². The first-order valence-electron chi connectivity index (χ1n) is 8.69. The number of carbonyl (C=O) groups is 1. The summed E-state index contributed by atoms with van der Waals surface area (Å²) in [6.07, 6.45) is 4.29. The molecule has 1 aromatic carbocycles. The molecule has 1 aliphatic rings. The Kier molecular flexibility index (Phi) is 7.69. The van der Waals surface area contributed by atoms with E-state index in [-0.39, 0.29) is 5.91 Å². The maximum atomic E-state index is 12.2. The number of unbranched alkanes of at least 4 members (excludes halogenated alkanes) is 2. The molecule has 0 atom stereocenters. The molecule has 0 aliphatic carbocycles. The first-order valence-corrected chi connectivity index (χ1v) is 9.07. The van der Waals surface area contributed by atoms with E-state index in [0.717, 1.165) is 50.0 Å². The highest BCUT2D eigenvalue weighted by atomic mass is 35.5. The first kappa shape index (κ1) is 18.1. The van der Waals surface area contributed by atoms with Crippen molar-refractivity contribution >= 4 is 23.2 Å². The number of piperazine rings is 1. The van der Waals surface area contributed by atoms with Crippen LogP contribution in [0.15, 0.2) is 24.3 Å². The van der Waals surface area contributed by atoms with Crippen molar-refractivity contribution in [1.29, 1.82) is 0 Å². The summed E-state index contributed by atoms with van der Waals surface area (Å²) in [5, 5.41) is 4.12. The van der Waals surface area contributed by atoms with E-state index in [2.05, 4.69) is 23.2 Å². The highest BCUT2D eigenvalue weighted by molar-refractivity contribution is 6.30. The summed E-state index contributed by atoms with van der Waals surface area (Å²) in [5.41, 5.74) is 1.14. The van der Waals surface area contributed by atoms with Crippen molar-refractivity contribution < 1.29 is 4.79 Å². The molecular weight excluding hydrogens is 310 g/mol. The molecule has 1 heterocycles. The number of nitrogens with one attached hydrogen (secondary N) is 1. The normalized spacial score (nSPS) is 15.0. The number of rotatable bonds is 8. The van der Waals surface area contributed by atoms with E-state index in [4.69, 9.17) is 11.6 Å². The summed E-state index contributed by atoms with van der Waals surface area (Å²) in [6.45, 7) is 7.33. The zero-order valence-corrected chi connectivity index (χ0v) is 14.8. The molecule has 5 heteroatoms. The second-order valence-corrected chi connectivity index (χ2v) is 6.49. The smallest absolute Gasteiger partial charge is 0.223 e. The number of hydrogen-bond acceptors (Lipinski definition) is 3. The molecule has 128 valence electrons. The molecule has 0 bridgehead atoms. The van der Waals surface area contributed by atoms with Crippen molar-refractivity contribution in [2.75, 3.05) is 44.2 Å². The summed E-state index contributed by atoms with van der Waals surface area (Å²) in [7, 11) is 0. The van der Waals surface area contributed by atoms with Crippen LogP contribution in [-0.2, 0) is 4.79 Å². The van der Waals surface area contributed by atoms with E-state index in [1.807, 2.05) is 23.1 Å². The van der Waals surface area contributed by atoms with Crippen LogP contribution in [0.5, 0.6) is 0 Å². The standard InChI is InChI=1S/C18H28ClN3O/c1-2-3-4-9-20-10-8-18(23)22-13-11-21(12-14-22)17-7-5-6-16(19)15-17/h5-7,15,20H,2-4,8-14H2,1H3. The number of benzene rings is 1. The Bertz CT molecular complexity index is 487. The molecule has 1 amide bonds. The highest BCUT2D eigenvalue weighted by Gasteiger charge is 2.20. The summed E-state index contributed by atoms with van der Waals surface area (Å²) in [5.74, 6) is 0.263. The van der Waals surface area contributed by atoms with E-state index in [9.17, 15) is 4.79 Å². The third-order valence-corrected chi connectivity index (χ3v) is 4.51. The molecule has 0 unspecified atom stereocenters. The van der Waals surface area contributed by atoms with Gasteiger partial charge in [0.1, 0.15) is 0 Å². The van der Waals surface area contributed by atoms with Gasteiger partial charge in [0.15, 0.2) is 0 Å². The number of amides is 1. The molecular formula is C18H28ClN3O. The Balaban J connectivity index is 1.66. The Labute approximate surface area is 144 Å². The molecule has 0 aromatic heterocycles. The zero-order valence-electron chi connectivity index (χ0n) is 14.1. The van der Waals surface area contributed by atoms with Gasteiger partial charge in [0.25, 0.3) is 0 Å². The molecule has 23 heavy (non-hydrogen) atoms. The fourth-order valence-corrected chi connectivity index (χ4v) is 3.05. The first-order chi connectivity index (χ1) is 11.2. The number of hydrogen-bond donors (Lipinski definition) is 1. The predicted octanol–water partition coefficient (Wildman–Crippen LogP) is 3.16. The average molecular weight is 338 g/mol. The van der Waals surface area contributed by atoms with Gasteiger partial charge in [-0.15, -0.1) is 0 Å². The summed E-state index contributed by atoms with van der Waals surface area (Å²) < 4.78 is 0. The van der Waals surface area contributed by atoms with Crippen molar-refractivity contribution in [3.63, 3.8) is 0 Å². The molecule has 0 spiro atoms. The number of halogens is 1. The lowest BCUT2D eigenvalue weighted by Crippen LogP contribution is -2.49. The van der Waals surface area contributed by atoms with Crippen LogP contribution in [0, 0.1) is 0 Å². The van der Waals surface area contributed by atoms with Gasteiger partial charge >= 0.3 is 0 Å². The number of carbonyl (C=O) groups excluding carboxylic acids is 1. The van der Waals surface area contributed by atoms with Crippen LogP contribution >= 0.6 is 11.6 Å².